The molecule has 0 saturated heterocycles. The molecular weight excluding hydrogens is 148 g/mol. The Hall–Kier alpha value is -0.790. The van der Waals surface area contributed by atoms with Crippen molar-refractivity contribution in [3.05, 3.63) is 17.5 Å². The molecule has 0 N–H and O–H groups in total. The average Bonchev–Trinajstić information content (AvgIpc) is 2.32. The molecule has 0 radical (unpaired) electrons. The molecule has 0 aliphatic rings. The van der Waals surface area contributed by atoms with Crippen LogP contribution in [0.5, 0.6) is 0 Å². The Bertz CT molecular complexity index is 248. The largest absolute Gasteiger partial charge is 0.269 e. The summed E-state index contributed by atoms with van der Waals surface area (Å²) in [6.07, 6.45) is 1.15. The zero-order valence-corrected chi connectivity index (χ0v) is 8.46. The van der Waals surface area contributed by atoms with E-state index in [2.05, 4.69) is 43.5 Å². The van der Waals surface area contributed by atoms with Crippen LogP contribution < -0.4 is 0 Å². The first-order valence-electron chi connectivity index (χ1n) is 4.69. The van der Waals surface area contributed by atoms with Crippen LogP contribution in [-0.4, -0.2) is 9.78 Å². The van der Waals surface area contributed by atoms with E-state index in [1.807, 2.05) is 0 Å². The van der Waals surface area contributed by atoms with E-state index in [1.165, 1.54) is 5.69 Å². The van der Waals surface area contributed by atoms with Gasteiger partial charge in [-0.3, -0.25) is 4.68 Å². The van der Waals surface area contributed by atoms with E-state index in [0.29, 0.717) is 5.92 Å². The van der Waals surface area contributed by atoms with Gasteiger partial charge in [0.1, 0.15) is 0 Å². The minimum atomic E-state index is 0.581. The molecule has 0 bridgehead atoms. The first-order valence-corrected chi connectivity index (χ1v) is 4.69. The van der Waals surface area contributed by atoms with Crippen LogP contribution in [0, 0.1) is 6.92 Å². The molecule has 0 unspecified atom stereocenters. The average molecular weight is 166 g/mol. The summed E-state index contributed by atoms with van der Waals surface area (Å²) in [5.41, 5.74) is 2.49. The topological polar surface area (TPSA) is 17.8 Å². The summed E-state index contributed by atoms with van der Waals surface area (Å²) in [5, 5.41) is 4.44. The Morgan fingerprint density at radius 1 is 1.50 bits per heavy atom. The normalized spacial score (nSPS) is 11.1. The molecule has 0 spiro atoms. The van der Waals surface area contributed by atoms with Crippen LogP contribution in [0.15, 0.2) is 6.07 Å². The zero-order chi connectivity index (χ0) is 9.14. The minimum absolute atomic E-state index is 0.581. The quantitative estimate of drug-likeness (QED) is 0.675. The Labute approximate surface area is 74.6 Å². The zero-order valence-electron chi connectivity index (χ0n) is 8.46. The number of hydrogen-bond donors (Lipinski definition) is 0. The van der Waals surface area contributed by atoms with Gasteiger partial charge in [0.25, 0.3) is 0 Å². The van der Waals surface area contributed by atoms with E-state index in [1.54, 1.807) is 0 Å². The van der Waals surface area contributed by atoms with Gasteiger partial charge < -0.3 is 0 Å². The maximum atomic E-state index is 4.44. The standard InChI is InChI=1S/C10H18N2/c1-5-6-12-10(8(2)3)7-9(4)11-12/h7-8H,5-6H2,1-4H3. The van der Waals surface area contributed by atoms with Crippen molar-refractivity contribution in [2.75, 3.05) is 0 Å². The number of aromatic nitrogens is 2. The third-order valence-corrected chi connectivity index (χ3v) is 1.96. The fraction of sp³-hybridized carbons (Fsp3) is 0.700. The highest BCUT2D eigenvalue weighted by molar-refractivity contribution is 5.12. The second-order valence-corrected chi connectivity index (χ2v) is 3.59. The van der Waals surface area contributed by atoms with Gasteiger partial charge in [0.05, 0.1) is 5.69 Å². The van der Waals surface area contributed by atoms with Gasteiger partial charge in [0.2, 0.25) is 0 Å². The molecule has 0 amide bonds. The predicted molar refractivity (Wildman–Crippen MR) is 51.3 cm³/mol. The lowest BCUT2D eigenvalue weighted by Crippen LogP contribution is -2.05. The van der Waals surface area contributed by atoms with Gasteiger partial charge in [-0.1, -0.05) is 20.8 Å². The van der Waals surface area contributed by atoms with Crippen LogP contribution >= 0.6 is 0 Å². The first kappa shape index (κ1) is 9.30. The molecule has 1 aromatic rings. The molecule has 68 valence electrons. The Balaban J connectivity index is 2.92. The molecule has 0 aliphatic carbocycles. The third-order valence-electron chi connectivity index (χ3n) is 1.96. The SMILES string of the molecule is CCCn1nc(C)cc1C(C)C. The number of rotatable bonds is 3. The molecule has 0 fully saturated rings. The molecule has 0 aromatic carbocycles. The van der Waals surface area contributed by atoms with Crippen molar-refractivity contribution in [2.24, 2.45) is 0 Å². The van der Waals surface area contributed by atoms with Gasteiger partial charge in [0.15, 0.2) is 0 Å². The maximum absolute atomic E-state index is 4.44. The van der Waals surface area contributed by atoms with Gasteiger partial charge in [0, 0.05) is 12.2 Å². The molecule has 0 aliphatic heterocycles. The van der Waals surface area contributed by atoms with Crippen molar-refractivity contribution in [3.8, 4) is 0 Å². The Kier molecular flexibility index (Phi) is 2.90. The van der Waals surface area contributed by atoms with Crippen molar-refractivity contribution in [3.63, 3.8) is 0 Å². The number of nitrogens with zero attached hydrogens (tertiary/aromatic N) is 2. The lowest BCUT2D eigenvalue weighted by atomic mass is 10.1. The third kappa shape index (κ3) is 1.87. The fourth-order valence-electron chi connectivity index (χ4n) is 1.42. The van der Waals surface area contributed by atoms with Crippen molar-refractivity contribution < 1.29 is 0 Å². The van der Waals surface area contributed by atoms with E-state index in [0.717, 1.165) is 18.7 Å². The van der Waals surface area contributed by atoms with Crippen LogP contribution in [0.4, 0.5) is 0 Å². The van der Waals surface area contributed by atoms with Gasteiger partial charge in [-0.15, -0.1) is 0 Å². The van der Waals surface area contributed by atoms with Crippen LogP contribution in [0.25, 0.3) is 0 Å². The molecule has 1 rings (SSSR count). The summed E-state index contributed by atoms with van der Waals surface area (Å²) in [4.78, 5) is 0. The van der Waals surface area contributed by atoms with E-state index < -0.39 is 0 Å². The molecule has 1 heterocycles. The second kappa shape index (κ2) is 3.74. The van der Waals surface area contributed by atoms with Crippen molar-refractivity contribution >= 4 is 0 Å². The second-order valence-electron chi connectivity index (χ2n) is 3.59. The summed E-state index contributed by atoms with van der Waals surface area (Å²) in [6, 6.07) is 2.18. The lowest BCUT2D eigenvalue weighted by Gasteiger charge is -2.07. The van der Waals surface area contributed by atoms with E-state index >= 15 is 0 Å². The number of hydrogen-bond acceptors (Lipinski definition) is 1. The number of aryl methyl sites for hydroxylation is 2. The highest BCUT2D eigenvalue weighted by atomic mass is 15.3. The molecular formula is C10H18N2. The monoisotopic (exact) mass is 166 g/mol. The maximum Gasteiger partial charge on any atom is 0.0596 e. The molecule has 0 atom stereocenters. The van der Waals surface area contributed by atoms with Crippen LogP contribution in [0.1, 0.15) is 44.5 Å². The fourth-order valence-corrected chi connectivity index (χ4v) is 1.42. The summed E-state index contributed by atoms with van der Waals surface area (Å²) >= 11 is 0. The first-order chi connectivity index (χ1) is 5.65. The smallest absolute Gasteiger partial charge is 0.0596 e. The van der Waals surface area contributed by atoms with Gasteiger partial charge in [-0.05, 0) is 25.3 Å². The van der Waals surface area contributed by atoms with Crippen LogP contribution in [0.3, 0.4) is 0 Å². The lowest BCUT2D eigenvalue weighted by molar-refractivity contribution is 0.555. The highest BCUT2D eigenvalue weighted by Crippen LogP contribution is 2.15. The van der Waals surface area contributed by atoms with Crippen LogP contribution in [-0.2, 0) is 6.54 Å². The predicted octanol–water partition coefficient (Wildman–Crippen LogP) is 2.72. The summed E-state index contributed by atoms with van der Waals surface area (Å²) in [5.74, 6) is 0.581. The van der Waals surface area contributed by atoms with E-state index in [4.69, 9.17) is 0 Å². The van der Waals surface area contributed by atoms with Gasteiger partial charge in [-0.2, -0.15) is 5.10 Å². The Morgan fingerprint density at radius 3 is 2.67 bits per heavy atom. The molecule has 12 heavy (non-hydrogen) atoms. The van der Waals surface area contributed by atoms with Crippen LogP contribution in [0.2, 0.25) is 0 Å². The minimum Gasteiger partial charge on any atom is -0.269 e. The highest BCUT2D eigenvalue weighted by Gasteiger charge is 2.07. The van der Waals surface area contributed by atoms with E-state index in [9.17, 15) is 0 Å². The van der Waals surface area contributed by atoms with Crippen molar-refractivity contribution in [2.45, 2.75) is 46.6 Å². The Morgan fingerprint density at radius 2 is 2.17 bits per heavy atom. The van der Waals surface area contributed by atoms with E-state index in [-0.39, 0.29) is 0 Å². The molecule has 2 heteroatoms. The molecule has 2 nitrogen and oxygen atoms in total. The summed E-state index contributed by atoms with van der Waals surface area (Å²) in [7, 11) is 0. The summed E-state index contributed by atoms with van der Waals surface area (Å²) < 4.78 is 2.12. The van der Waals surface area contributed by atoms with Crippen molar-refractivity contribution in [1.29, 1.82) is 0 Å². The van der Waals surface area contributed by atoms with Gasteiger partial charge >= 0.3 is 0 Å². The van der Waals surface area contributed by atoms with Gasteiger partial charge in [-0.25, -0.2) is 0 Å². The molecule has 1 aromatic heterocycles. The van der Waals surface area contributed by atoms with Crippen molar-refractivity contribution in [1.82, 2.24) is 9.78 Å². The summed E-state index contributed by atoms with van der Waals surface area (Å²) in [6.45, 7) is 9.70. The molecule has 0 saturated carbocycles.